The highest BCUT2D eigenvalue weighted by atomic mass is 35.5. The first-order chi connectivity index (χ1) is 7.45. The molecule has 1 heterocycles. The van der Waals surface area contributed by atoms with Crippen molar-refractivity contribution >= 4 is 22.8 Å². The number of hydrogen-bond acceptors (Lipinski definition) is 4. The minimum atomic E-state index is -0.571. The number of rotatable bonds is 4. The number of esters is 1. The Kier molecular flexibility index (Phi) is 4.12. The average molecular weight is 245 g/mol. The van der Waals surface area contributed by atoms with E-state index < -0.39 is 11.2 Å². The van der Waals surface area contributed by atoms with Gasteiger partial charge in [-0.25, -0.2) is 4.79 Å². The Bertz CT molecular complexity index is 370. The molecule has 1 unspecified atom stereocenters. The summed E-state index contributed by atoms with van der Waals surface area (Å²) in [4.78, 5) is 22.2. The molecule has 88 valence electrons. The maximum atomic E-state index is 11.4. The highest BCUT2D eigenvalue weighted by Crippen LogP contribution is 2.31. The maximum absolute atomic E-state index is 11.4. The molecule has 1 atom stereocenters. The summed E-state index contributed by atoms with van der Waals surface area (Å²) in [5.74, 6) is -0.198. The van der Waals surface area contributed by atoms with Crippen LogP contribution in [0.3, 0.4) is 0 Å². The van der Waals surface area contributed by atoms with Crippen molar-refractivity contribution in [3.63, 3.8) is 0 Å². The van der Waals surface area contributed by atoms with Gasteiger partial charge in [-0.3, -0.25) is 4.79 Å². The molecule has 0 aromatic carbocycles. The van der Waals surface area contributed by atoms with Crippen molar-refractivity contribution in [1.29, 1.82) is 0 Å². The molecular formula is C11H13ClO4. The molecule has 5 heteroatoms. The molecule has 0 bridgehead atoms. The zero-order valence-electron chi connectivity index (χ0n) is 9.21. The third kappa shape index (κ3) is 2.85. The lowest BCUT2D eigenvalue weighted by Gasteiger charge is -2.11. The fourth-order valence-electron chi connectivity index (χ4n) is 1.45. The Morgan fingerprint density at radius 3 is 2.69 bits per heavy atom. The fourth-order valence-corrected chi connectivity index (χ4v) is 1.57. The predicted molar refractivity (Wildman–Crippen MR) is 58.8 cm³/mol. The molecule has 16 heavy (non-hydrogen) atoms. The van der Waals surface area contributed by atoms with Crippen molar-refractivity contribution in [3.05, 3.63) is 23.5 Å². The second kappa shape index (κ2) is 5.16. The molecule has 0 aliphatic carbocycles. The van der Waals surface area contributed by atoms with Crippen molar-refractivity contribution in [2.75, 3.05) is 7.11 Å². The lowest BCUT2D eigenvalue weighted by Crippen LogP contribution is -2.09. The normalized spacial score (nSPS) is 19.3. The first-order valence-electron chi connectivity index (χ1n) is 4.76. The molecule has 0 radical (unpaired) electrons. The van der Waals surface area contributed by atoms with Gasteiger partial charge in [-0.15, -0.1) is 0 Å². The van der Waals surface area contributed by atoms with E-state index in [4.69, 9.17) is 16.3 Å². The second-order valence-corrected chi connectivity index (χ2v) is 4.00. The van der Waals surface area contributed by atoms with Crippen molar-refractivity contribution in [2.24, 2.45) is 0 Å². The van der Waals surface area contributed by atoms with Crippen molar-refractivity contribution < 1.29 is 19.1 Å². The largest absolute Gasteiger partial charge is 0.489 e. The first kappa shape index (κ1) is 12.8. The Hall–Kier alpha value is -1.29. The minimum absolute atomic E-state index is 0.101. The van der Waals surface area contributed by atoms with Gasteiger partial charge in [-0.1, -0.05) is 6.58 Å². The predicted octanol–water partition coefficient (Wildman–Crippen LogP) is 1.93. The van der Waals surface area contributed by atoms with Gasteiger partial charge in [0.05, 0.1) is 19.1 Å². The van der Waals surface area contributed by atoms with E-state index in [-0.39, 0.29) is 12.5 Å². The van der Waals surface area contributed by atoms with Crippen LogP contribution in [0.2, 0.25) is 0 Å². The minimum Gasteiger partial charge on any atom is -0.489 e. The van der Waals surface area contributed by atoms with Crippen LogP contribution in [-0.2, 0) is 19.1 Å². The van der Waals surface area contributed by atoms with Crippen LogP contribution in [0, 0.1) is 0 Å². The van der Waals surface area contributed by atoms with Crippen LogP contribution in [0.1, 0.15) is 19.8 Å². The van der Waals surface area contributed by atoms with Gasteiger partial charge in [0.25, 0.3) is 0 Å². The van der Waals surface area contributed by atoms with E-state index in [0.717, 1.165) is 5.57 Å². The Balaban J connectivity index is 2.89. The number of allylic oxidation sites excluding steroid dienone is 1. The van der Waals surface area contributed by atoms with Gasteiger partial charge >= 0.3 is 5.97 Å². The van der Waals surface area contributed by atoms with Crippen LogP contribution in [0.5, 0.6) is 0 Å². The molecule has 0 aromatic heterocycles. The number of methoxy groups -OCH3 is 1. The zero-order valence-corrected chi connectivity index (χ0v) is 9.97. The highest BCUT2D eigenvalue weighted by Gasteiger charge is 2.31. The standard InChI is InChI=1S/C11H13ClO4/c1-6(2)8-4-7(11(14)15-3)9(16-8)5-10(12)13/h8H,1,4-5H2,2-3H3. The molecule has 0 saturated carbocycles. The van der Waals surface area contributed by atoms with E-state index in [1.54, 1.807) is 6.92 Å². The number of hydrogen-bond donors (Lipinski definition) is 0. The zero-order chi connectivity index (χ0) is 12.3. The summed E-state index contributed by atoms with van der Waals surface area (Å²) < 4.78 is 10.1. The Labute approximate surface area is 98.9 Å². The van der Waals surface area contributed by atoms with E-state index in [2.05, 4.69) is 11.3 Å². The molecule has 0 aromatic rings. The Morgan fingerprint density at radius 2 is 2.25 bits per heavy atom. The van der Waals surface area contributed by atoms with Crippen LogP contribution in [0.25, 0.3) is 0 Å². The van der Waals surface area contributed by atoms with Gasteiger partial charge in [0, 0.05) is 6.42 Å². The molecule has 0 N–H and O–H groups in total. The van der Waals surface area contributed by atoms with Gasteiger partial charge in [0.15, 0.2) is 0 Å². The third-order valence-electron chi connectivity index (χ3n) is 2.29. The lowest BCUT2D eigenvalue weighted by molar-refractivity contribution is -0.136. The summed E-state index contributed by atoms with van der Waals surface area (Å²) in [6.07, 6.45) is -0.00259. The van der Waals surface area contributed by atoms with Crippen LogP contribution >= 0.6 is 11.6 Å². The van der Waals surface area contributed by atoms with Gasteiger partial charge in [-0.05, 0) is 24.1 Å². The van der Waals surface area contributed by atoms with Crippen LogP contribution < -0.4 is 0 Å². The van der Waals surface area contributed by atoms with Crippen molar-refractivity contribution in [2.45, 2.75) is 25.9 Å². The molecule has 1 rings (SSSR count). The van der Waals surface area contributed by atoms with E-state index in [1.165, 1.54) is 7.11 Å². The summed E-state index contributed by atoms with van der Waals surface area (Å²) in [6.45, 7) is 5.55. The maximum Gasteiger partial charge on any atom is 0.337 e. The highest BCUT2D eigenvalue weighted by molar-refractivity contribution is 6.63. The van der Waals surface area contributed by atoms with E-state index in [9.17, 15) is 9.59 Å². The SMILES string of the molecule is C=C(C)C1CC(C(=O)OC)=C(CC(=O)Cl)O1. The summed E-state index contributed by atoms with van der Waals surface area (Å²) in [5, 5.41) is -0.571. The fraction of sp³-hybridized carbons (Fsp3) is 0.455. The van der Waals surface area contributed by atoms with Gasteiger partial charge in [-0.2, -0.15) is 0 Å². The molecule has 0 amide bonds. The van der Waals surface area contributed by atoms with Gasteiger partial charge in [0.1, 0.15) is 11.9 Å². The molecule has 1 aliphatic rings. The molecular weight excluding hydrogens is 232 g/mol. The molecule has 1 aliphatic heterocycles. The monoisotopic (exact) mass is 244 g/mol. The average Bonchev–Trinajstić information content (AvgIpc) is 2.59. The molecule has 4 nitrogen and oxygen atoms in total. The number of ether oxygens (including phenoxy) is 2. The van der Waals surface area contributed by atoms with Crippen molar-refractivity contribution in [3.8, 4) is 0 Å². The Morgan fingerprint density at radius 1 is 1.62 bits per heavy atom. The van der Waals surface area contributed by atoms with E-state index in [0.29, 0.717) is 17.8 Å². The number of carbonyl (C=O) groups excluding carboxylic acids is 2. The topological polar surface area (TPSA) is 52.6 Å². The van der Waals surface area contributed by atoms with Crippen LogP contribution in [0.4, 0.5) is 0 Å². The molecule has 0 saturated heterocycles. The van der Waals surface area contributed by atoms with Gasteiger partial charge in [0.2, 0.25) is 5.24 Å². The summed E-state index contributed by atoms with van der Waals surface area (Å²) >= 11 is 5.27. The van der Waals surface area contributed by atoms with E-state index in [1.807, 2.05) is 0 Å². The summed E-state index contributed by atoms with van der Waals surface area (Å²) in [7, 11) is 1.28. The quantitative estimate of drug-likeness (QED) is 0.431. The number of halogens is 1. The van der Waals surface area contributed by atoms with Crippen LogP contribution in [-0.4, -0.2) is 24.4 Å². The number of carbonyl (C=O) groups is 2. The lowest BCUT2D eigenvalue weighted by atomic mass is 10.1. The summed E-state index contributed by atoms with van der Waals surface area (Å²) in [5.41, 5.74) is 1.16. The third-order valence-corrected chi connectivity index (χ3v) is 2.43. The second-order valence-electron chi connectivity index (χ2n) is 3.58. The molecule has 0 spiro atoms. The first-order valence-corrected chi connectivity index (χ1v) is 5.14. The van der Waals surface area contributed by atoms with E-state index >= 15 is 0 Å². The molecule has 0 fully saturated rings. The summed E-state index contributed by atoms with van der Waals surface area (Å²) in [6, 6.07) is 0. The van der Waals surface area contributed by atoms with Crippen LogP contribution in [0.15, 0.2) is 23.5 Å². The smallest absolute Gasteiger partial charge is 0.337 e. The van der Waals surface area contributed by atoms with Crippen molar-refractivity contribution in [1.82, 2.24) is 0 Å². The van der Waals surface area contributed by atoms with Gasteiger partial charge < -0.3 is 9.47 Å².